The van der Waals surface area contributed by atoms with Crippen molar-refractivity contribution in [2.75, 3.05) is 19.5 Å². The topological polar surface area (TPSA) is 64.6 Å². The van der Waals surface area contributed by atoms with Crippen molar-refractivity contribution in [2.45, 2.75) is 12.8 Å². The standard InChI is InChI=1S/C22H21NO4/c1-26-16-10-12-21(27-2)18(14-16)20(24)11-13-22(25)23-19-9-5-7-15-6-3-4-8-17(15)19/h3-10,12,14H,11,13H2,1-2H3,(H,23,25). The maximum atomic E-state index is 12.5. The molecule has 0 saturated heterocycles. The van der Waals surface area contributed by atoms with Gasteiger partial charge in [0.1, 0.15) is 11.5 Å². The van der Waals surface area contributed by atoms with Gasteiger partial charge in [-0.3, -0.25) is 9.59 Å². The van der Waals surface area contributed by atoms with Gasteiger partial charge in [0.25, 0.3) is 0 Å². The van der Waals surface area contributed by atoms with Gasteiger partial charge in [0.2, 0.25) is 5.91 Å². The SMILES string of the molecule is COc1ccc(OC)c(C(=O)CCC(=O)Nc2cccc3ccccc23)c1. The Balaban J connectivity index is 1.68. The molecule has 0 aliphatic rings. The highest BCUT2D eigenvalue weighted by molar-refractivity contribution is 6.05. The molecule has 3 aromatic rings. The molecule has 3 aromatic carbocycles. The zero-order chi connectivity index (χ0) is 19.2. The number of anilines is 1. The third-order valence-electron chi connectivity index (χ3n) is 4.35. The summed E-state index contributed by atoms with van der Waals surface area (Å²) in [4.78, 5) is 24.9. The summed E-state index contributed by atoms with van der Waals surface area (Å²) in [5.74, 6) is 0.662. The maximum Gasteiger partial charge on any atom is 0.224 e. The van der Waals surface area contributed by atoms with E-state index in [-0.39, 0.29) is 24.5 Å². The second kappa shape index (κ2) is 8.36. The first kappa shape index (κ1) is 18.5. The van der Waals surface area contributed by atoms with Gasteiger partial charge < -0.3 is 14.8 Å². The molecule has 0 radical (unpaired) electrons. The van der Waals surface area contributed by atoms with Crippen LogP contribution in [0.15, 0.2) is 60.7 Å². The number of benzene rings is 3. The van der Waals surface area contributed by atoms with E-state index in [1.807, 2.05) is 42.5 Å². The van der Waals surface area contributed by atoms with Crippen LogP contribution in [0.2, 0.25) is 0 Å². The number of rotatable bonds is 7. The Bertz CT molecular complexity index is 976. The van der Waals surface area contributed by atoms with E-state index >= 15 is 0 Å². The van der Waals surface area contributed by atoms with Crippen LogP contribution in [0.5, 0.6) is 11.5 Å². The molecule has 3 rings (SSSR count). The third-order valence-corrected chi connectivity index (χ3v) is 4.35. The first-order valence-electron chi connectivity index (χ1n) is 8.65. The van der Waals surface area contributed by atoms with Gasteiger partial charge in [0.15, 0.2) is 5.78 Å². The van der Waals surface area contributed by atoms with Crippen LogP contribution >= 0.6 is 0 Å². The number of ketones is 1. The van der Waals surface area contributed by atoms with Gasteiger partial charge in [-0.2, -0.15) is 0 Å². The molecule has 27 heavy (non-hydrogen) atoms. The molecule has 0 aliphatic heterocycles. The molecule has 0 aromatic heterocycles. The number of amides is 1. The van der Waals surface area contributed by atoms with E-state index in [9.17, 15) is 9.59 Å². The minimum absolute atomic E-state index is 0.0835. The van der Waals surface area contributed by atoms with E-state index in [4.69, 9.17) is 9.47 Å². The molecular weight excluding hydrogens is 342 g/mol. The largest absolute Gasteiger partial charge is 0.497 e. The molecule has 0 heterocycles. The molecule has 0 spiro atoms. The monoisotopic (exact) mass is 363 g/mol. The van der Waals surface area contributed by atoms with E-state index in [1.54, 1.807) is 18.2 Å². The average Bonchev–Trinajstić information content (AvgIpc) is 2.71. The molecule has 0 unspecified atom stereocenters. The number of carbonyl (C=O) groups is 2. The van der Waals surface area contributed by atoms with Crippen LogP contribution in [0.4, 0.5) is 5.69 Å². The molecule has 0 fully saturated rings. The van der Waals surface area contributed by atoms with Gasteiger partial charge in [-0.25, -0.2) is 0 Å². The number of carbonyl (C=O) groups excluding carboxylic acids is 2. The van der Waals surface area contributed by atoms with Crippen molar-refractivity contribution in [1.82, 2.24) is 0 Å². The lowest BCUT2D eigenvalue weighted by Gasteiger charge is -2.10. The molecule has 0 atom stereocenters. The van der Waals surface area contributed by atoms with E-state index in [0.717, 1.165) is 16.5 Å². The van der Waals surface area contributed by atoms with Crippen molar-refractivity contribution >= 4 is 28.2 Å². The lowest BCUT2D eigenvalue weighted by Crippen LogP contribution is -2.14. The molecular formula is C22H21NO4. The normalized spacial score (nSPS) is 10.4. The van der Waals surface area contributed by atoms with Gasteiger partial charge in [-0.15, -0.1) is 0 Å². The zero-order valence-electron chi connectivity index (χ0n) is 15.3. The predicted molar refractivity (Wildman–Crippen MR) is 106 cm³/mol. The van der Waals surface area contributed by atoms with E-state index in [0.29, 0.717) is 17.1 Å². The highest BCUT2D eigenvalue weighted by Crippen LogP contribution is 2.26. The predicted octanol–water partition coefficient (Wildman–Crippen LogP) is 4.46. The van der Waals surface area contributed by atoms with Gasteiger partial charge in [-0.05, 0) is 29.7 Å². The van der Waals surface area contributed by atoms with Gasteiger partial charge in [0, 0.05) is 23.9 Å². The van der Waals surface area contributed by atoms with E-state index in [1.165, 1.54) is 14.2 Å². The lowest BCUT2D eigenvalue weighted by atomic mass is 10.0. The summed E-state index contributed by atoms with van der Waals surface area (Å²) < 4.78 is 10.4. The number of ether oxygens (including phenoxy) is 2. The van der Waals surface area contributed by atoms with Gasteiger partial charge >= 0.3 is 0 Å². The number of methoxy groups -OCH3 is 2. The second-order valence-corrected chi connectivity index (χ2v) is 6.06. The van der Waals surface area contributed by atoms with Crippen molar-refractivity contribution in [3.63, 3.8) is 0 Å². The fraction of sp³-hybridized carbons (Fsp3) is 0.182. The van der Waals surface area contributed by atoms with Crippen molar-refractivity contribution in [3.05, 3.63) is 66.2 Å². The molecule has 5 heteroatoms. The highest BCUT2D eigenvalue weighted by Gasteiger charge is 2.15. The van der Waals surface area contributed by atoms with Crippen LogP contribution in [0.3, 0.4) is 0 Å². The Morgan fingerprint density at radius 2 is 1.67 bits per heavy atom. The number of fused-ring (bicyclic) bond motifs is 1. The third kappa shape index (κ3) is 4.26. The Hall–Kier alpha value is -3.34. The van der Waals surface area contributed by atoms with E-state index in [2.05, 4.69) is 5.32 Å². The molecule has 138 valence electrons. The lowest BCUT2D eigenvalue weighted by molar-refractivity contribution is -0.116. The highest BCUT2D eigenvalue weighted by atomic mass is 16.5. The minimum atomic E-state index is -0.207. The van der Waals surface area contributed by atoms with Crippen LogP contribution in [0, 0.1) is 0 Å². The number of nitrogens with one attached hydrogen (secondary N) is 1. The van der Waals surface area contributed by atoms with Crippen LogP contribution in [0.25, 0.3) is 10.8 Å². The fourth-order valence-corrected chi connectivity index (χ4v) is 2.94. The Labute approximate surface area is 157 Å². The zero-order valence-corrected chi connectivity index (χ0v) is 15.3. The smallest absolute Gasteiger partial charge is 0.224 e. The van der Waals surface area contributed by atoms with Crippen LogP contribution in [-0.2, 0) is 4.79 Å². The summed E-state index contributed by atoms with van der Waals surface area (Å²) >= 11 is 0. The van der Waals surface area contributed by atoms with E-state index < -0.39 is 0 Å². The Morgan fingerprint density at radius 3 is 2.44 bits per heavy atom. The quantitative estimate of drug-likeness (QED) is 0.630. The fourth-order valence-electron chi connectivity index (χ4n) is 2.94. The molecule has 1 amide bonds. The summed E-state index contributed by atoms with van der Waals surface area (Å²) in [5.41, 5.74) is 1.15. The van der Waals surface area contributed by atoms with Crippen LogP contribution in [-0.4, -0.2) is 25.9 Å². The first-order valence-corrected chi connectivity index (χ1v) is 8.65. The summed E-state index contributed by atoms with van der Waals surface area (Å²) in [6, 6.07) is 18.6. The maximum absolute atomic E-state index is 12.5. The Morgan fingerprint density at radius 1 is 0.889 bits per heavy atom. The van der Waals surface area contributed by atoms with Crippen molar-refractivity contribution < 1.29 is 19.1 Å². The summed E-state index contributed by atoms with van der Waals surface area (Å²) in [5, 5.41) is 4.91. The number of hydrogen-bond donors (Lipinski definition) is 1. The molecule has 1 N–H and O–H groups in total. The number of hydrogen-bond acceptors (Lipinski definition) is 4. The van der Waals surface area contributed by atoms with Crippen molar-refractivity contribution in [2.24, 2.45) is 0 Å². The molecule has 0 saturated carbocycles. The van der Waals surface area contributed by atoms with Gasteiger partial charge in [-0.1, -0.05) is 36.4 Å². The van der Waals surface area contributed by atoms with Crippen molar-refractivity contribution in [1.29, 1.82) is 0 Å². The molecule has 5 nitrogen and oxygen atoms in total. The Kier molecular flexibility index (Phi) is 5.71. The van der Waals surface area contributed by atoms with Crippen LogP contribution in [0.1, 0.15) is 23.2 Å². The summed E-state index contributed by atoms with van der Waals surface area (Å²) in [6.45, 7) is 0. The molecule has 0 bridgehead atoms. The average molecular weight is 363 g/mol. The van der Waals surface area contributed by atoms with Crippen molar-refractivity contribution in [3.8, 4) is 11.5 Å². The summed E-state index contributed by atoms with van der Waals surface area (Å²) in [7, 11) is 3.04. The van der Waals surface area contributed by atoms with Crippen LogP contribution < -0.4 is 14.8 Å². The minimum Gasteiger partial charge on any atom is -0.497 e. The van der Waals surface area contributed by atoms with Gasteiger partial charge in [0.05, 0.1) is 19.8 Å². The number of Topliss-reactive ketones (excluding diaryl/α,β-unsaturated/α-hetero) is 1. The molecule has 0 aliphatic carbocycles. The summed E-state index contributed by atoms with van der Waals surface area (Å²) in [6.07, 6.45) is 0.169. The second-order valence-electron chi connectivity index (χ2n) is 6.06. The first-order chi connectivity index (χ1) is 13.1.